The van der Waals surface area contributed by atoms with Crippen LogP contribution in [0, 0.1) is 25.2 Å². The van der Waals surface area contributed by atoms with Crippen molar-refractivity contribution in [3.8, 4) is 17.6 Å². The first-order valence-corrected chi connectivity index (χ1v) is 7.45. The molecule has 0 saturated carbocycles. The number of aromatic nitrogens is 2. The number of hydrogen-bond donors (Lipinski definition) is 1. The van der Waals surface area contributed by atoms with Gasteiger partial charge < -0.3 is 14.8 Å². The van der Waals surface area contributed by atoms with Gasteiger partial charge in [0, 0.05) is 12.2 Å². The summed E-state index contributed by atoms with van der Waals surface area (Å²) in [5.74, 6) is 0.508. The molecule has 0 radical (unpaired) electrons. The van der Waals surface area contributed by atoms with Crippen molar-refractivity contribution in [2.24, 2.45) is 0 Å². The Labute approximate surface area is 139 Å². The molecule has 1 aromatic heterocycles. The van der Waals surface area contributed by atoms with Gasteiger partial charge in [0.2, 0.25) is 12.7 Å². The summed E-state index contributed by atoms with van der Waals surface area (Å²) in [5, 5.41) is 12.1. The van der Waals surface area contributed by atoms with Crippen LogP contribution in [0.2, 0.25) is 0 Å². The molecule has 1 aliphatic heterocycles. The summed E-state index contributed by atoms with van der Waals surface area (Å²) < 4.78 is 10.6. The van der Waals surface area contributed by atoms with Crippen LogP contribution in [0.15, 0.2) is 24.3 Å². The molecule has 1 atom stereocenters. The first kappa shape index (κ1) is 15.7. The van der Waals surface area contributed by atoms with Crippen molar-refractivity contribution in [3.05, 3.63) is 47.0 Å². The van der Waals surface area contributed by atoms with E-state index in [1.165, 1.54) is 0 Å². The maximum absolute atomic E-state index is 12.4. The number of aryl methyl sites for hydroxylation is 2. The highest BCUT2D eigenvalue weighted by Crippen LogP contribution is 2.32. The van der Waals surface area contributed by atoms with Gasteiger partial charge in [0.1, 0.15) is 5.82 Å². The predicted octanol–water partition coefficient (Wildman–Crippen LogP) is 1.75. The minimum Gasteiger partial charge on any atom is -0.454 e. The number of rotatable bonds is 4. The van der Waals surface area contributed by atoms with Gasteiger partial charge in [-0.3, -0.25) is 4.79 Å². The molecule has 1 N–H and O–H groups in total. The summed E-state index contributed by atoms with van der Waals surface area (Å²) >= 11 is 0. The Balaban J connectivity index is 1.70. The van der Waals surface area contributed by atoms with Crippen molar-refractivity contribution in [1.29, 1.82) is 5.26 Å². The zero-order valence-electron chi connectivity index (χ0n) is 13.4. The molecule has 0 saturated heterocycles. The van der Waals surface area contributed by atoms with E-state index in [0.717, 1.165) is 11.3 Å². The summed E-state index contributed by atoms with van der Waals surface area (Å²) in [6.07, 6.45) is 0. The molecule has 7 heteroatoms. The van der Waals surface area contributed by atoms with Crippen LogP contribution in [0.4, 0.5) is 0 Å². The van der Waals surface area contributed by atoms with Crippen LogP contribution < -0.4 is 14.8 Å². The predicted molar refractivity (Wildman–Crippen MR) is 84.3 cm³/mol. The Hall–Kier alpha value is -3.14. The van der Waals surface area contributed by atoms with Gasteiger partial charge in [-0.05, 0) is 37.6 Å². The summed E-state index contributed by atoms with van der Waals surface area (Å²) in [6, 6.07) is 9.10. The molecule has 0 aliphatic carbocycles. The second-order valence-electron chi connectivity index (χ2n) is 5.45. The molecule has 2 aromatic rings. The van der Waals surface area contributed by atoms with Gasteiger partial charge in [-0.2, -0.15) is 5.26 Å². The molecule has 0 spiro atoms. The van der Waals surface area contributed by atoms with Gasteiger partial charge in [0.25, 0.3) is 0 Å². The van der Waals surface area contributed by atoms with Crippen LogP contribution in [0.5, 0.6) is 11.5 Å². The number of carbonyl (C=O) groups is 1. The van der Waals surface area contributed by atoms with Crippen molar-refractivity contribution in [3.63, 3.8) is 0 Å². The molecule has 0 fully saturated rings. The lowest BCUT2D eigenvalue weighted by Crippen LogP contribution is -2.29. The van der Waals surface area contributed by atoms with E-state index in [0.29, 0.717) is 23.0 Å². The highest BCUT2D eigenvalue weighted by Gasteiger charge is 2.22. The summed E-state index contributed by atoms with van der Waals surface area (Å²) in [7, 11) is 0. The zero-order valence-corrected chi connectivity index (χ0v) is 13.4. The minimum atomic E-state index is -0.973. The third kappa shape index (κ3) is 3.27. The number of nitrogens with one attached hydrogen (secondary N) is 1. The second kappa shape index (κ2) is 6.54. The third-order valence-corrected chi connectivity index (χ3v) is 3.58. The maximum atomic E-state index is 12.4. The maximum Gasteiger partial charge on any atom is 0.243 e. The number of nitrogens with zero attached hydrogens (tertiary/aromatic N) is 3. The Kier molecular flexibility index (Phi) is 4.29. The summed E-state index contributed by atoms with van der Waals surface area (Å²) in [5.41, 5.74) is 1.99. The van der Waals surface area contributed by atoms with Gasteiger partial charge in [-0.15, -0.1) is 0 Å². The van der Waals surface area contributed by atoms with E-state index >= 15 is 0 Å². The number of hydrogen-bond acceptors (Lipinski definition) is 6. The van der Waals surface area contributed by atoms with Crippen LogP contribution in [0.1, 0.15) is 28.7 Å². The Bertz CT molecular complexity index is 809. The van der Waals surface area contributed by atoms with E-state index in [1.807, 2.05) is 18.2 Å². The van der Waals surface area contributed by atoms with Crippen molar-refractivity contribution in [2.75, 3.05) is 6.79 Å². The molecular weight excluding hydrogens is 308 g/mol. The lowest BCUT2D eigenvalue weighted by Gasteiger charge is -2.11. The topological polar surface area (TPSA) is 97.1 Å². The van der Waals surface area contributed by atoms with E-state index in [4.69, 9.17) is 9.47 Å². The van der Waals surface area contributed by atoms with E-state index in [-0.39, 0.29) is 13.3 Å². The average Bonchev–Trinajstić information content (AvgIpc) is 3.00. The van der Waals surface area contributed by atoms with E-state index in [1.54, 1.807) is 26.0 Å². The van der Waals surface area contributed by atoms with E-state index in [2.05, 4.69) is 15.3 Å². The van der Waals surface area contributed by atoms with Gasteiger partial charge in [0.05, 0.1) is 11.8 Å². The summed E-state index contributed by atoms with van der Waals surface area (Å²) in [4.78, 5) is 20.7. The largest absolute Gasteiger partial charge is 0.454 e. The molecule has 24 heavy (non-hydrogen) atoms. The molecule has 1 aliphatic rings. The highest BCUT2D eigenvalue weighted by atomic mass is 16.7. The fraction of sp³-hybridized carbons (Fsp3) is 0.294. The standard InChI is InChI=1S/C17H16N4O3/c1-10-5-14(21-11(2)20-10)13(7-18)17(22)19-8-12-3-4-15-16(6-12)24-9-23-15/h3-6,13H,8-9H2,1-2H3,(H,19,22)/t13-/m1/s1. The minimum absolute atomic E-state index is 0.202. The van der Waals surface area contributed by atoms with Gasteiger partial charge in [-0.1, -0.05) is 6.07 Å². The quantitative estimate of drug-likeness (QED) is 0.920. The monoisotopic (exact) mass is 324 g/mol. The van der Waals surface area contributed by atoms with Crippen LogP contribution in [-0.4, -0.2) is 22.7 Å². The lowest BCUT2D eigenvalue weighted by atomic mass is 10.0. The molecule has 122 valence electrons. The molecule has 1 aromatic carbocycles. The molecular formula is C17H16N4O3. The molecule has 3 rings (SSSR count). The van der Waals surface area contributed by atoms with Crippen molar-refractivity contribution < 1.29 is 14.3 Å². The number of benzene rings is 1. The first-order chi connectivity index (χ1) is 11.6. The Morgan fingerprint density at radius 1 is 1.29 bits per heavy atom. The molecule has 1 amide bonds. The van der Waals surface area contributed by atoms with Gasteiger partial charge in [-0.25, -0.2) is 9.97 Å². The second-order valence-corrected chi connectivity index (χ2v) is 5.45. The number of amides is 1. The SMILES string of the molecule is Cc1cc([C@@H](C#N)C(=O)NCc2ccc3c(c2)OCO3)nc(C)n1. The summed E-state index contributed by atoms with van der Waals surface area (Å²) in [6.45, 7) is 4.03. The van der Waals surface area contributed by atoms with Crippen molar-refractivity contribution >= 4 is 5.91 Å². The molecule has 7 nitrogen and oxygen atoms in total. The van der Waals surface area contributed by atoms with Crippen molar-refractivity contribution in [1.82, 2.24) is 15.3 Å². The molecule has 2 heterocycles. The number of nitriles is 1. The van der Waals surface area contributed by atoms with Crippen molar-refractivity contribution in [2.45, 2.75) is 26.3 Å². The first-order valence-electron chi connectivity index (χ1n) is 7.45. The number of fused-ring (bicyclic) bond motifs is 1. The van der Waals surface area contributed by atoms with E-state index < -0.39 is 11.8 Å². The molecule has 0 unspecified atom stereocenters. The third-order valence-electron chi connectivity index (χ3n) is 3.58. The number of ether oxygens (including phenoxy) is 2. The fourth-order valence-corrected chi connectivity index (χ4v) is 2.49. The number of carbonyl (C=O) groups excluding carboxylic acids is 1. The van der Waals surface area contributed by atoms with Crippen LogP contribution in [-0.2, 0) is 11.3 Å². The average molecular weight is 324 g/mol. The smallest absolute Gasteiger partial charge is 0.243 e. The van der Waals surface area contributed by atoms with Crippen LogP contribution >= 0.6 is 0 Å². The normalized spacial score (nSPS) is 13.2. The van der Waals surface area contributed by atoms with E-state index in [9.17, 15) is 10.1 Å². The lowest BCUT2D eigenvalue weighted by molar-refractivity contribution is -0.121. The van der Waals surface area contributed by atoms with Crippen LogP contribution in [0.25, 0.3) is 0 Å². The molecule has 0 bridgehead atoms. The Morgan fingerprint density at radius 3 is 2.83 bits per heavy atom. The fourth-order valence-electron chi connectivity index (χ4n) is 2.49. The van der Waals surface area contributed by atoms with Crippen LogP contribution in [0.3, 0.4) is 0 Å². The Morgan fingerprint density at radius 2 is 2.08 bits per heavy atom. The van der Waals surface area contributed by atoms with Gasteiger partial charge >= 0.3 is 0 Å². The zero-order chi connectivity index (χ0) is 17.1. The van der Waals surface area contributed by atoms with Gasteiger partial charge in [0.15, 0.2) is 17.4 Å². The highest BCUT2D eigenvalue weighted by molar-refractivity contribution is 5.85.